The summed E-state index contributed by atoms with van der Waals surface area (Å²) in [7, 11) is 3.30. The Morgan fingerprint density at radius 3 is 1.01 bits per heavy atom. The summed E-state index contributed by atoms with van der Waals surface area (Å²) in [6.45, 7) is 10.7. The summed E-state index contributed by atoms with van der Waals surface area (Å²) in [5.74, 6) is 1.40. The third-order valence-electron chi connectivity index (χ3n) is 19.8. The van der Waals surface area contributed by atoms with Crippen molar-refractivity contribution >= 4 is 43.6 Å². The highest BCUT2D eigenvalue weighted by Crippen LogP contribution is 2.56. The second-order valence-corrected chi connectivity index (χ2v) is 24.5. The quantitative estimate of drug-likeness (QED) is 0.139. The number of ether oxygens (including phenoxy) is 2. The maximum Gasteiger partial charge on any atom is 0.144 e. The minimum Gasteiger partial charge on any atom is -0.497 e. The molecule has 3 aliphatic carbocycles. The number of hydrogen-bond donors (Lipinski definition) is 2. The molecule has 0 amide bonds. The normalized spacial score (nSPS) is 16.6. The van der Waals surface area contributed by atoms with Gasteiger partial charge in [0.25, 0.3) is 0 Å². The first-order valence-electron chi connectivity index (χ1n) is 30.5. The Labute approximate surface area is 514 Å². The molecule has 10 nitrogen and oxygen atoms in total. The van der Waals surface area contributed by atoms with Gasteiger partial charge in [0.05, 0.1) is 37.0 Å². The molecule has 0 fully saturated rings. The molecule has 89 heavy (non-hydrogen) atoms. The molecule has 430 valence electrons. The van der Waals surface area contributed by atoms with Gasteiger partial charge < -0.3 is 28.8 Å². The number of aliphatic hydroxyl groups is 2. The van der Waals surface area contributed by atoms with Crippen LogP contribution in [0.4, 0.5) is 0 Å². The van der Waals surface area contributed by atoms with E-state index < -0.39 is 16.6 Å². The molecule has 2 atom stereocenters. The summed E-state index contributed by atoms with van der Waals surface area (Å²) in [4.78, 5) is 20.6. The van der Waals surface area contributed by atoms with Gasteiger partial charge in [0.2, 0.25) is 0 Å². The summed E-state index contributed by atoms with van der Waals surface area (Å²) in [5, 5.41) is 31.9. The number of pyridine rings is 4. The Balaban J connectivity index is 0.721. The van der Waals surface area contributed by atoms with Crippen LogP contribution in [0.3, 0.4) is 0 Å². The number of para-hydroxylation sites is 2. The van der Waals surface area contributed by atoms with Crippen molar-refractivity contribution in [1.29, 1.82) is 0 Å². The third kappa shape index (κ3) is 7.45. The van der Waals surface area contributed by atoms with Crippen LogP contribution in [0, 0.1) is 0 Å². The molecule has 3 aliphatic rings. The molecule has 17 rings (SSSR count). The minimum absolute atomic E-state index is 0.408. The van der Waals surface area contributed by atoms with Gasteiger partial charge >= 0.3 is 0 Å². The number of hydrogen-bond acceptors (Lipinski definition) is 8. The fourth-order valence-corrected chi connectivity index (χ4v) is 15.2. The molecule has 2 N–H and O–H groups in total. The molecule has 0 radical (unpaired) electrons. The number of benzene rings is 8. The number of aromatic nitrogens is 6. The molecule has 0 bridgehead atoms. The molecule has 0 aliphatic heterocycles. The minimum atomic E-state index is -1.58. The van der Waals surface area contributed by atoms with Crippen molar-refractivity contribution in [3.8, 4) is 89.9 Å². The third-order valence-corrected chi connectivity index (χ3v) is 19.8. The van der Waals surface area contributed by atoms with Crippen molar-refractivity contribution in [2.45, 2.75) is 57.4 Å². The molecule has 0 saturated carbocycles. The lowest BCUT2D eigenvalue weighted by molar-refractivity contribution is 0.130. The molecule has 0 saturated heterocycles. The zero-order valence-corrected chi connectivity index (χ0v) is 50.1. The van der Waals surface area contributed by atoms with E-state index in [4.69, 9.17) is 29.4 Å². The molecule has 0 spiro atoms. The lowest BCUT2D eigenvalue weighted by Gasteiger charge is -2.27. The monoisotopic (exact) mass is 1160 g/mol. The van der Waals surface area contributed by atoms with Gasteiger partial charge in [-0.3, -0.25) is 19.9 Å². The maximum absolute atomic E-state index is 13.6. The number of aryl methyl sites for hydroxylation is 2. The molecular weight excluding hydrogens is 1100 g/mol. The van der Waals surface area contributed by atoms with Crippen LogP contribution in [0.25, 0.3) is 122 Å². The van der Waals surface area contributed by atoms with Gasteiger partial charge in [-0.2, -0.15) is 0 Å². The fraction of sp³-hybridized carbons (Fsp3) is 0.139. The van der Waals surface area contributed by atoms with E-state index in [1.165, 1.54) is 65.9 Å². The Kier molecular flexibility index (Phi) is 11.4. The van der Waals surface area contributed by atoms with E-state index >= 15 is 0 Å². The largest absolute Gasteiger partial charge is 0.497 e. The number of nitrogens with zero attached hydrogens (tertiary/aromatic N) is 6. The lowest BCUT2D eigenvalue weighted by Crippen LogP contribution is -2.26. The Morgan fingerprint density at radius 1 is 0.348 bits per heavy atom. The van der Waals surface area contributed by atoms with Crippen molar-refractivity contribution < 1.29 is 19.7 Å². The van der Waals surface area contributed by atoms with Gasteiger partial charge in [-0.05, 0) is 167 Å². The predicted octanol–water partition coefficient (Wildman–Crippen LogP) is 17.0. The first kappa shape index (κ1) is 52.8. The van der Waals surface area contributed by atoms with Gasteiger partial charge in [-0.1, -0.05) is 111 Å². The Bertz CT molecular complexity index is 5000. The summed E-state index contributed by atoms with van der Waals surface area (Å²) < 4.78 is 15.9. The van der Waals surface area contributed by atoms with Crippen LogP contribution in [0.15, 0.2) is 219 Å². The molecule has 14 aromatic rings. The van der Waals surface area contributed by atoms with E-state index in [1.54, 1.807) is 14.2 Å². The second-order valence-electron chi connectivity index (χ2n) is 24.5. The molecule has 6 heterocycles. The van der Waals surface area contributed by atoms with E-state index in [2.05, 4.69) is 182 Å². The van der Waals surface area contributed by atoms with Crippen molar-refractivity contribution in [3.63, 3.8) is 0 Å². The molecule has 8 aromatic carbocycles. The van der Waals surface area contributed by atoms with Gasteiger partial charge in [-0.15, -0.1) is 0 Å². The van der Waals surface area contributed by atoms with Crippen molar-refractivity contribution in [2.75, 3.05) is 14.2 Å². The average molecular weight is 1160 g/mol. The van der Waals surface area contributed by atoms with Crippen molar-refractivity contribution in [1.82, 2.24) is 29.1 Å². The van der Waals surface area contributed by atoms with Crippen LogP contribution in [0.5, 0.6) is 11.5 Å². The highest BCUT2D eigenvalue weighted by atomic mass is 16.5. The van der Waals surface area contributed by atoms with E-state index in [0.717, 1.165) is 57.6 Å². The fourth-order valence-electron chi connectivity index (χ4n) is 15.2. The first-order valence-corrected chi connectivity index (χ1v) is 30.5. The summed E-state index contributed by atoms with van der Waals surface area (Å²) in [6, 6.07) is 67.4. The molecular formula is C79H60N6O4. The standard InChI is InChI=1S/C79H60N6O4/c1-7-84-69-15-11-9-13-59(69)61-33-45(19-31-71(61)84)49-37-65-73(80-41-49)75-67(78(65,86)53-21-25-55(88-5)26-22-53)39-51(43-82-75)47-17-29-57-58-30-18-48(36-64(58)77(3,4)63(57)35-47)52-40-68-76(83-44-52)74-66(79(68,87)54-23-27-56(89-6)28-24-54)38-50(42-81-74)46-20-32-72-62(34-46)60-14-10-12-16-70(60)85(72)8-2/h9-44,86-87H,7-8H2,1-6H3. The summed E-state index contributed by atoms with van der Waals surface area (Å²) >= 11 is 0. The topological polar surface area (TPSA) is 120 Å². The number of rotatable bonds is 10. The molecule has 2 unspecified atom stereocenters. The van der Waals surface area contributed by atoms with Crippen LogP contribution in [-0.2, 0) is 29.7 Å². The van der Waals surface area contributed by atoms with Crippen LogP contribution in [0.2, 0.25) is 0 Å². The maximum atomic E-state index is 13.6. The van der Waals surface area contributed by atoms with Crippen LogP contribution >= 0.6 is 0 Å². The van der Waals surface area contributed by atoms with Crippen LogP contribution < -0.4 is 9.47 Å². The summed E-state index contributed by atoms with van der Waals surface area (Å²) in [5.41, 5.74) is 20.2. The zero-order valence-electron chi connectivity index (χ0n) is 50.1. The number of fused-ring (bicyclic) bond motifs is 15. The van der Waals surface area contributed by atoms with Crippen LogP contribution in [0.1, 0.15) is 72.2 Å². The van der Waals surface area contributed by atoms with Crippen LogP contribution in [-0.4, -0.2) is 53.5 Å². The highest BCUT2D eigenvalue weighted by Gasteiger charge is 2.48. The Morgan fingerprint density at radius 2 is 0.663 bits per heavy atom. The smallest absolute Gasteiger partial charge is 0.144 e. The van der Waals surface area contributed by atoms with Gasteiger partial charge in [0.15, 0.2) is 0 Å². The second kappa shape index (κ2) is 19.2. The SMILES string of the molecule is CCn1c2ccccc2c2cc(-c3cnc4c(c3)C(O)(c3ccc(OC)cc3)c3cc(-c5ccc6c(c5)C(C)(C)c5cc(-c7cnc8c(c7)C(O)(c7ccc(OC)cc7)c7cc(-c9ccc%10c(c9)c9ccccc9n%10CC)cnc7-8)ccc5-6)cnc3-4)ccc21. The molecule has 10 heteroatoms. The van der Waals surface area contributed by atoms with E-state index in [1.807, 2.05) is 73.3 Å². The van der Waals surface area contributed by atoms with Crippen molar-refractivity contribution in [3.05, 3.63) is 263 Å². The number of methoxy groups -OCH3 is 2. The lowest BCUT2D eigenvalue weighted by atomic mass is 9.80. The van der Waals surface area contributed by atoms with Crippen molar-refractivity contribution in [2.24, 2.45) is 0 Å². The molecule has 6 aromatic heterocycles. The summed E-state index contributed by atoms with van der Waals surface area (Å²) in [6.07, 6.45) is 7.65. The van der Waals surface area contributed by atoms with E-state index in [-0.39, 0.29) is 0 Å². The van der Waals surface area contributed by atoms with Gasteiger partial charge in [-0.25, -0.2) is 0 Å². The predicted molar refractivity (Wildman–Crippen MR) is 355 cm³/mol. The van der Waals surface area contributed by atoms with Gasteiger partial charge in [0.1, 0.15) is 22.7 Å². The first-order chi connectivity index (χ1) is 43.4. The zero-order chi connectivity index (χ0) is 60.2. The highest BCUT2D eigenvalue weighted by molar-refractivity contribution is 6.10. The Hall–Kier alpha value is -10.5. The van der Waals surface area contributed by atoms with E-state index in [0.29, 0.717) is 67.7 Å². The van der Waals surface area contributed by atoms with Gasteiger partial charge in [0, 0.05) is 131 Å². The average Bonchev–Trinajstić information content (AvgIpc) is 1.72. The van der Waals surface area contributed by atoms with E-state index in [9.17, 15) is 10.2 Å².